The van der Waals surface area contributed by atoms with Gasteiger partial charge < -0.3 is 4.42 Å². The van der Waals surface area contributed by atoms with Crippen molar-refractivity contribution in [3.05, 3.63) is 71.6 Å². The number of aromatic nitrogens is 3. The van der Waals surface area contributed by atoms with E-state index in [1.807, 2.05) is 0 Å². The Morgan fingerprint density at radius 2 is 1.82 bits per heavy atom. The number of nitrogens with zero attached hydrogens (tertiary/aromatic N) is 3. The Bertz CT molecular complexity index is 772. The molecule has 0 radical (unpaired) electrons. The number of benzene rings is 1. The number of pyridine rings is 1. The van der Waals surface area contributed by atoms with Gasteiger partial charge in [0.15, 0.2) is 0 Å². The minimum atomic E-state index is -0.362. The van der Waals surface area contributed by atoms with E-state index >= 15 is 0 Å². The zero-order chi connectivity index (χ0) is 15.4. The monoisotopic (exact) mass is 298 g/mol. The number of carbonyl (C=O) groups excluding carboxylic acids is 1. The summed E-state index contributed by atoms with van der Waals surface area (Å²) in [7, 11) is 0. The Kier molecular flexibility index (Phi) is 3.86. The molecule has 1 amide bonds. The predicted molar refractivity (Wildman–Crippen MR) is 75.7 cm³/mol. The number of halogens is 1. The predicted octanol–water partition coefficient (Wildman–Crippen LogP) is 2.45. The van der Waals surface area contributed by atoms with Crippen LogP contribution in [-0.4, -0.2) is 21.1 Å². The Balaban J connectivity index is 1.66. The van der Waals surface area contributed by atoms with Crippen molar-refractivity contribution in [1.82, 2.24) is 15.2 Å². The van der Waals surface area contributed by atoms with Crippen molar-refractivity contribution in [3.8, 4) is 0 Å². The summed E-state index contributed by atoms with van der Waals surface area (Å²) in [6.07, 6.45) is 3.39. The van der Waals surface area contributed by atoms with Gasteiger partial charge in [0.1, 0.15) is 5.82 Å². The van der Waals surface area contributed by atoms with Gasteiger partial charge in [-0.15, -0.1) is 5.10 Å². The number of rotatable bonds is 4. The zero-order valence-corrected chi connectivity index (χ0v) is 11.4. The van der Waals surface area contributed by atoms with Crippen LogP contribution in [0.25, 0.3) is 0 Å². The minimum absolute atomic E-state index is 0.0129. The lowest BCUT2D eigenvalue weighted by atomic mass is 10.1. The highest BCUT2D eigenvalue weighted by atomic mass is 19.1. The fourth-order valence-corrected chi connectivity index (χ4v) is 1.83. The standard InChI is InChI=1S/C15H11FN4O2/c16-12-3-1-10(2-4-12)9-13-19-20-15(22-13)18-14(21)11-5-7-17-8-6-11/h1-8H,9H2,(H,18,20,21). The van der Waals surface area contributed by atoms with Crippen molar-refractivity contribution in [1.29, 1.82) is 0 Å². The third-order valence-corrected chi connectivity index (χ3v) is 2.90. The van der Waals surface area contributed by atoms with Crippen molar-refractivity contribution in [3.63, 3.8) is 0 Å². The highest BCUT2D eigenvalue weighted by Crippen LogP contribution is 2.12. The van der Waals surface area contributed by atoms with Crippen LogP contribution in [0.5, 0.6) is 0 Å². The van der Waals surface area contributed by atoms with Crippen LogP contribution < -0.4 is 5.32 Å². The van der Waals surface area contributed by atoms with Crippen LogP contribution in [0.2, 0.25) is 0 Å². The van der Waals surface area contributed by atoms with E-state index in [1.54, 1.807) is 24.3 Å². The Morgan fingerprint density at radius 3 is 2.55 bits per heavy atom. The zero-order valence-electron chi connectivity index (χ0n) is 11.4. The van der Waals surface area contributed by atoms with E-state index in [4.69, 9.17) is 4.42 Å². The van der Waals surface area contributed by atoms with E-state index in [9.17, 15) is 9.18 Å². The molecule has 0 aliphatic carbocycles. The average molecular weight is 298 g/mol. The molecule has 7 heteroatoms. The van der Waals surface area contributed by atoms with E-state index in [0.717, 1.165) is 5.56 Å². The molecule has 1 N–H and O–H groups in total. The van der Waals surface area contributed by atoms with Gasteiger partial charge in [-0.05, 0) is 29.8 Å². The molecule has 110 valence electrons. The summed E-state index contributed by atoms with van der Waals surface area (Å²) >= 11 is 0. The largest absolute Gasteiger partial charge is 0.407 e. The first-order valence-corrected chi connectivity index (χ1v) is 6.49. The normalized spacial score (nSPS) is 10.4. The molecule has 2 heterocycles. The number of amides is 1. The van der Waals surface area contributed by atoms with Gasteiger partial charge in [0, 0.05) is 18.0 Å². The van der Waals surface area contributed by atoms with Crippen molar-refractivity contribution in [2.24, 2.45) is 0 Å². The molecule has 1 aromatic carbocycles. The van der Waals surface area contributed by atoms with E-state index in [0.29, 0.717) is 17.9 Å². The van der Waals surface area contributed by atoms with Crippen molar-refractivity contribution in [2.75, 3.05) is 5.32 Å². The first kappa shape index (κ1) is 13.9. The minimum Gasteiger partial charge on any atom is -0.407 e. The quantitative estimate of drug-likeness (QED) is 0.800. The molecule has 0 spiro atoms. The molecule has 0 aliphatic rings. The molecule has 0 saturated heterocycles. The van der Waals surface area contributed by atoms with Crippen molar-refractivity contribution < 1.29 is 13.6 Å². The maximum Gasteiger partial charge on any atom is 0.322 e. The Hall–Kier alpha value is -3.09. The van der Waals surface area contributed by atoms with Crippen LogP contribution in [-0.2, 0) is 6.42 Å². The van der Waals surface area contributed by atoms with E-state index in [-0.39, 0.29) is 17.7 Å². The number of carbonyl (C=O) groups is 1. The van der Waals surface area contributed by atoms with Gasteiger partial charge >= 0.3 is 6.01 Å². The highest BCUT2D eigenvalue weighted by Gasteiger charge is 2.11. The molecule has 2 aromatic heterocycles. The average Bonchev–Trinajstić information content (AvgIpc) is 2.97. The SMILES string of the molecule is O=C(Nc1nnc(Cc2ccc(F)cc2)o1)c1ccncc1. The van der Waals surface area contributed by atoms with Gasteiger partial charge in [-0.25, -0.2) is 4.39 Å². The molecular weight excluding hydrogens is 287 g/mol. The molecule has 22 heavy (non-hydrogen) atoms. The number of anilines is 1. The van der Waals surface area contributed by atoms with E-state index < -0.39 is 0 Å². The van der Waals surface area contributed by atoms with Gasteiger partial charge in [-0.3, -0.25) is 15.1 Å². The van der Waals surface area contributed by atoms with Crippen LogP contribution >= 0.6 is 0 Å². The van der Waals surface area contributed by atoms with Crippen LogP contribution in [0, 0.1) is 5.82 Å². The molecule has 0 atom stereocenters. The molecule has 3 rings (SSSR count). The molecule has 0 aliphatic heterocycles. The third kappa shape index (κ3) is 3.32. The number of hydrogen-bond donors (Lipinski definition) is 1. The van der Waals surface area contributed by atoms with E-state index in [2.05, 4.69) is 20.5 Å². The van der Waals surface area contributed by atoms with Crippen molar-refractivity contribution in [2.45, 2.75) is 6.42 Å². The maximum atomic E-state index is 12.8. The van der Waals surface area contributed by atoms with Gasteiger partial charge in [0.05, 0.1) is 6.42 Å². The van der Waals surface area contributed by atoms with Crippen LogP contribution in [0.1, 0.15) is 21.8 Å². The summed E-state index contributed by atoms with van der Waals surface area (Å²) in [6.45, 7) is 0. The summed E-state index contributed by atoms with van der Waals surface area (Å²) in [5.74, 6) is -0.337. The highest BCUT2D eigenvalue weighted by molar-refractivity contribution is 6.02. The first-order chi connectivity index (χ1) is 10.7. The molecule has 0 saturated carbocycles. The summed E-state index contributed by atoms with van der Waals surface area (Å²) < 4.78 is 18.2. The first-order valence-electron chi connectivity index (χ1n) is 6.49. The van der Waals surface area contributed by atoms with Crippen LogP contribution in [0.4, 0.5) is 10.4 Å². The van der Waals surface area contributed by atoms with E-state index in [1.165, 1.54) is 24.5 Å². The fraction of sp³-hybridized carbons (Fsp3) is 0.0667. The second kappa shape index (κ2) is 6.13. The molecule has 0 unspecified atom stereocenters. The van der Waals surface area contributed by atoms with Gasteiger partial charge in [-0.1, -0.05) is 17.2 Å². The second-order valence-corrected chi connectivity index (χ2v) is 4.49. The van der Waals surface area contributed by atoms with Crippen LogP contribution in [0.3, 0.4) is 0 Å². The second-order valence-electron chi connectivity index (χ2n) is 4.49. The van der Waals surface area contributed by atoms with Crippen molar-refractivity contribution >= 4 is 11.9 Å². The number of nitrogens with one attached hydrogen (secondary N) is 1. The van der Waals surface area contributed by atoms with Gasteiger partial charge in [0.2, 0.25) is 5.89 Å². The summed E-state index contributed by atoms with van der Waals surface area (Å²) in [5, 5.41) is 10.1. The van der Waals surface area contributed by atoms with Crippen LogP contribution in [0.15, 0.2) is 53.2 Å². The van der Waals surface area contributed by atoms with Gasteiger partial charge in [-0.2, -0.15) is 0 Å². The molecule has 0 fully saturated rings. The fourth-order valence-electron chi connectivity index (χ4n) is 1.83. The maximum absolute atomic E-state index is 12.8. The lowest BCUT2D eigenvalue weighted by Crippen LogP contribution is -2.11. The lowest BCUT2D eigenvalue weighted by molar-refractivity contribution is 0.102. The molecule has 0 bridgehead atoms. The summed E-state index contributed by atoms with van der Waals surface area (Å²) in [6, 6.07) is 9.15. The molecule has 6 nitrogen and oxygen atoms in total. The summed E-state index contributed by atoms with van der Waals surface area (Å²) in [4.78, 5) is 15.7. The lowest BCUT2D eigenvalue weighted by Gasteiger charge is -1.99. The topological polar surface area (TPSA) is 80.9 Å². The third-order valence-electron chi connectivity index (χ3n) is 2.90. The summed E-state index contributed by atoms with van der Waals surface area (Å²) in [5.41, 5.74) is 1.27. The molecular formula is C15H11FN4O2. The smallest absolute Gasteiger partial charge is 0.322 e. The number of hydrogen-bond acceptors (Lipinski definition) is 5. The Morgan fingerprint density at radius 1 is 1.09 bits per heavy atom. The Labute approximate surface area is 125 Å². The molecule has 3 aromatic rings. The van der Waals surface area contributed by atoms with Gasteiger partial charge in [0.25, 0.3) is 5.91 Å².